The van der Waals surface area contributed by atoms with E-state index in [4.69, 9.17) is 4.74 Å². The molecule has 0 saturated heterocycles. The Kier molecular flexibility index (Phi) is 5.47. The largest absolute Gasteiger partial charge is 0.491 e. The van der Waals surface area contributed by atoms with Crippen molar-refractivity contribution in [3.05, 3.63) is 29.8 Å². The summed E-state index contributed by atoms with van der Waals surface area (Å²) in [7, 11) is 0. The SMILES string of the molecule is CCC1CCC(NCc2ccc(OC(C)C)cc2)C1C. The van der Waals surface area contributed by atoms with Crippen LogP contribution in [-0.2, 0) is 6.54 Å². The number of benzene rings is 1. The van der Waals surface area contributed by atoms with E-state index in [0.29, 0.717) is 6.04 Å². The Morgan fingerprint density at radius 3 is 2.45 bits per heavy atom. The summed E-state index contributed by atoms with van der Waals surface area (Å²) in [6.45, 7) is 9.80. The normalized spacial score (nSPS) is 26.1. The Bertz CT molecular complexity index is 398. The Labute approximate surface area is 123 Å². The maximum absolute atomic E-state index is 5.67. The van der Waals surface area contributed by atoms with E-state index in [1.165, 1.54) is 24.8 Å². The van der Waals surface area contributed by atoms with Gasteiger partial charge in [-0.3, -0.25) is 0 Å². The van der Waals surface area contributed by atoms with Gasteiger partial charge in [0.05, 0.1) is 6.10 Å². The van der Waals surface area contributed by atoms with Crippen molar-refractivity contribution < 1.29 is 4.74 Å². The number of nitrogens with one attached hydrogen (secondary N) is 1. The molecule has 3 atom stereocenters. The van der Waals surface area contributed by atoms with E-state index in [1.807, 2.05) is 0 Å². The fourth-order valence-corrected chi connectivity index (χ4v) is 3.32. The summed E-state index contributed by atoms with van der Waals surface area (Å²) in [5.41, 5.74) is 1.34. The van der Waals surface area contributed by atoms with Crippen LogP contribution in [0.2, 0.25) is 0 Å². The lowest BCUT2D eigenvalue weighted by Crippen LogP contribution is -2.32. The van der Waals surface area contributed by atoms with E-state index in [1.54, 1.807) is 0 Å². The third kappa shape index (κ3) is 3.99. The van der Waals surface area contributed by atoms with Crippen molar-refractivity contribution in [3.63, 3.8) is 0 Å². The van der Waals surface area contributed by atoms with Gasteiger partial charge in [-0.2, -0.15) is 0 Å². The van der Waals surface area contributed by atoms with E-state index in [-0.39, 0.29) is 6.10 Å². The van der Waals surface area contributed by atoms with Crippen molar-refractivity contribution in [1.29, 1.82) is 0 Å². The summed E-state index contributed by atoms with van der Waals surface area (Å²) in [6, 6.07) is 9.17. The van der Waals surface area contributed by atoms with Gasteiger partial charge in [-0.25, -0.2) is 0 Å². The van der Waals surface area contributed by atoms with Crippen molar-refractivity contribution in [2.75, 3.05) is 0 Å². The van der Waals surface area contributed by atoms with Crippen LogP contribution in [0.4, 0.5) is 0 Å². The quantitative estimate of drug-likeness (QED) is 0.831. The molecular weight excluding hydrogens is 246 g/mol. The van der Waals surface area contributed by atoms with Gasteiger partial charge in [0.1, 0.15) is 5.75 Å². The van der Waals surface area contributed by atoms with Gasteiger partial charge in [-0.1, -0.05) is 32.4 Å². The lowest BCUT2D eigenvalue weighted by atomic mass is 9.93. The molecule has 1 N–H and O–H groups in total. The number of ether oxygens (including phenoxy) is 1. The molecule has 0 aromatic heterocycles. The lowest BCUT2D eigenvalue weighted by Gasteiger charge is -2.21. The van der Waals surface area contributed by atoms with Crippen LogP contribution in [0, 0.1) is 11.8 Å². The molecule has 3 unspecified atom stereocenters. The molecule has 2 rings (SSSR count). The second-order valence-electron chi connectivity index (χ2n) is 6.40. The van der Waals surface area contributed by atoms with Crippen LogP contribution in [0.15, 0.2) is 24.3 Å². The molecule has 20 heavy (non-hydrogen) atoms. The van der Waals surface area contributed by atoms with Gasteiger partial charge >= 0.3 is 0 Å². The lowest BCUT2D eigenvalue weighted by molar-refractivity contribution is 0.242. The molecule has 1 saturated carbocycles. The van der Waals surface area contributed by atoms with Crippen LogP contribution in [0.3, 0.4) is 0 Å². The molecule has 0 heterocycles. The topological polar surface area (TPSA) is 21.3 Å². The standard InChI is InChI=1S/C18H29NO/c1-5-16-8-11-18(14(16)4)19-12-15-6-9-17(10-7-15)20-13(2)3/h6-7,9-10,13-14,16,18-19H,5,8,11-12H2,1-4H3. The summed E-state index contributed by atoms with van der Waals surface area (Å²) >= 11 is 0. The minimum absolute atomic E-state index is 0.240. The molecule has 1 aliphatic rings. The molecule has 1 fully saturated rings. The predicted molar refractivity (Wildman–Crippen MR) is 85.0 cm³/mol. The highest BCUT2D eigenvalue weighted by Crippen LogP contribution is 2.34. The van der Waals surface area contributed by atoms with Crippen LogP contribution >= 0.6 is 0 Å². The number of rotatable bonds is 6. The molecule has 0 bridgehead atoms. The van der Waals surface area contributed by atoms with Crippen LogP contribution in [0.25, 0.3) is 0 Å². The monoisotopic (exact) mass is 275 g/mol. The molecule has 0 aliphatic heterocycles. The van der Waals surface area contributed by atoms with Gasteiger partial charge in [-0.05, 0) is 56.2 Å². The highest BCUT2D eigenvalue weighted by Gasteiger charge is 2.30. The minimum atomic E-state index is 0.240. The van der Waals surface area contributed by atoms with Gasteiger partial charge in [0.15, 0.2) is 0 Å². The molecule has 1 aliphatic carbocycles. The van der Waals surface area contributed by atoms with Crippen molar-refractivity contribution in [2.45, 2.75) is 65.6 Å². The Hall–Kier alpha value is -1.02. The zero-order valence-corrected chi connectivity index (χ0v) is 13.4. The zero-order chi connectivity index (χ0) is 14.5. The van der Waals surface area contributed by atoms with Crippen molar-refractivity contribution in [1.82, 2.24) is 5.32 Å². The molecule has 0 amide bonds. The fourth-order valence-electron chi connectivity index (χ4n) is 3.32. The fraction of sp³-hybridized carbons (Fsp3) is 0.667. The van der Waals surface area contributed by atoms with Crippen molar-refractivity contribution >= 4 is 0 Å². The highest BCUT2D eigenvalue weighted by atomic mass is 16.5. The second kappa shape index (κ2) is 7.12. The van der Waals surface area contributed by atoms with Gasteiger partial charge in [0.25, 0.3) is 0 Å². The minimum Gasteiger partial charge on any atom is -0.491 e. The average Bonchev–Trinajstić information content (AvgIpc) is 2.78. The third-order valence-electron chi connectivity index (χ3n) is 4.61. The Morgan fingerprint density at radius 1 is 1.20 bits per heavy atom. The first kappa shape index (κ1) is 15.4. The molecule has 0 radical (unpaired) electrons. The van der Waals surface area contributed by atoms with Crippen molar-refractivity contribution in [3.8, 4) is 5.75 Å². The average molecular weight is 275 g/mol. The summed E-state index contributed by atoms with van der Waals surface area (Å²) < 4.78 is 5.67. The molecule has 112 valence electrons. The van der Waals surface area contributed by atoms with Gasteiger partial charge in [0.2, 0.25) is 0 Å². The van der Waals surface area contributed by atoms with Gasteiger partial charge in [0, 0.05) is 12.6 Å². The third-order valence-corrected chi connectivity index (χ3v) is 4.61. The maximum atomic E-state index is 5.67. The van der Waals surface area contributed by atoms with E-state index in [2.05, 4.69) is 57.3 Å². The zero-order valence-electron chi connectivity index (χ0n) is 13.4. The summed E-state index contributed by atoms with van der Waals surface area (Å²) in [5, 5.41) is 3.73. The molecular formula is C18H29NO. The van der Waals surface area contributed by atoms with Crippen LogP contribution in [0.1, 0.15) is 52.5 Å². The first-order valence-electron chi connectivity index (χ1n) is 8.09. The van der Waals surface area contributed by atoms with Crippen LogP contribution in [-0.4, -0.2) is 12.1 Å². The van der Waals surface area contributed by atoms with Crippen molar-refractivity contribution in [2.24, 2.45) is 11.8 Å². The summed E-state index contributed by atoms with van der Waals surface area (Å²) in [5.74, 6) is 2.68. The molecule has 2 heteroatoms. The number of hydrogen-bond donors (Lipinski definition) is 1. The van der Waals surface area contributed by atoms with E-state index in [9.17, 15) is 0 Å². The maximum Gasteiger partial charge on any atom is 0.119 e. The molecule has 1 aromatic carbocycles. The first-order chi connectivity index (χ1) is 9.60. The summed E-state index contributed by atoms with van der Waals surface area (Å²) in [6.07, 6.45) is 4.27. The van der Waals surface area contributed by atoms with Gasteiger partial charge < -0.3 is 10.1 Å². The number of hydrogen-bond acceptors (Lipinski definition) is 2. The molecule has 1 aromatic rings. The molecule has 0 spiro atoms. The van der Waals surface area contributed by atoms with Crippen LogP contribution in [0.5, 0.6) is 5.75 Å². The Balaban J connectivity index is 1.82. The van der Waals surface area contributed by atoms with E-state index >= 15 is 0 Å². The van der Waals surface area contributed by atoms with E-state index < -0.39 is 0 Å². The first-order valence-corrected chi connectivity index (χ1v) is 8.09. The highest BCUT2D eigenvalue weighted by molar-refractivity contribution is 5.27. The smallest absolute Gasteiger partial charge is 0.119 e. The Morgan fingerprint density at radius 2 is 1.90 bits per heavy atom. The van der Waals surface area contributed by atoms with E-state index in [0.717, 1.165) is 24.1 Å². The summed E-state index contributed by atoms with van der Waals surface area (Å²) in [4.78, 5) is 0. The predicted octanol–water partition coefficient (Wildman–Crippen LogP) is 4.39. The molecule has 2 nitrogen and oxygen atoms in total. The van der Waals surface area contributed by atoms with Gasteiger partial charge in [-0.15, -0.1) is 0 Å². The second-order valence-corrected chi connectivity index (χ2v) is 6.40. The van der Waals surface area contributed by atoms with Crippen LogP contribution < -0.4 is 10.1 Å².